The number of hydrogen-bond acceptors (Lipinski definition) is 4. The molecule has 0 aliphatic rings. The molecular formula is C16H20N2O2. The molecule has 0 spiro atoms. The lowest BCUT2D eigenvalue weighted by molar-refractivity contribution is 0.284. The number of rotatable bonds is 6. The van der Waals surface area contributed by atoms with Crippen LogP contribution in [-0.2, 0) is 6.61 Å². The van der Waals surface area contributed by atoms with E-state index in [0.717, 1.165) is 17.1 Å². The van der Waals surface area contributed by atoms with E-state index in [0.29, 0.717) is 6.61 Å². The molecular weight excluding hydrogens is 252 g/mol. The van der Waals surface area contributed by atoms with Crippen LogP contribution >= 0.6 is 0 Å². The van der Waals surface area contributed by atoms with Gasteiger partial charge in [0.25, 0.3) is 0 Å². The average Bonchev–Trinajstić information content (AvgIpc) is 2.53. The highest BCUT2D eigenvalue weighted by Crippen LogP contribution is 2.30. The molecule has 0 saturated carbocycles. The van der Waals surface area contributed by atoms with Gasteiger partial charge in [-0.25, -0.2) is 0 Å². The maximum absolute atomic E-state index is 5.81. The maximum Gasteiger partial charge on any atom is 0.161 e. The minimum absolute atomic E-state index is 0.276. The zero-order chi connectivity index (χ0) is 14.4. The fourth-order valence-corrected chi connectivity index (χ4v) is 1.88. The number of ether oxygens (including phenoxy) is 2. The minimum atomic E-state index is 0.276. The Bertz CT molecular complexity index is 543. The number of nitrogens with one attached hydrogen (secondary N) is 1. The zero-order valence-corrected chi connectivity index (χ0v) is 12.1. The van der Waals surface area contributed by atoms with E-state index in [1.165, 1.54) is 5.56 Å². The van der Waals surface area contributed by atoms with Crippen molar-refractivity contribution in [3.63, 3.8) is 0 Å². The van der Waals surface area contributed by atoms with Crippen LogP contribution in [0.4, 0.5) is 0 Å². The highest BCUT2D eigenvalue weighted by molar-refractivity contribution is 5.43. The van der Waals surface area contributed by atoms with Gasteiger partial charge in [0.15, 0.2) is 11.5 Å². The van der Waals surface area contributed by atoms with Crippen LogP contribution in [0.15, 0.2) is 42.7 Å². The van der Waals surface area contributed by atoms with E-state index in [1.807, 2.05) is 37.4 Å². The highest BCUT2D eigenvalue weighted by Gasteiger charge is 2.09. The van der Waals surface area contributed by atoms with Crippen LogP contribution in [0.3, 0.4) is 0 Å². The normalized spacial score (nSPS) is 11.9. The number of aromatic nitrogens is 1. The summed E-state index contributed by atoms with van der Waals surface area (Å²) in [6.07, 6.45) is 3.52. The van der Waals surface area contributed by atoms with Crippen molar-refractivity contribution in [2.24, 2.45) is 0 Å². The molecule has 106 valence electrons. The van der Waals surface area contributed by atoms with Gasteiger partial charge >= 0.3 is 0 Å². The van der Waals surface area contributed by atoms with E-state index < -0.39 is 0 Å². The molecule has 1 unspecified atom stereocenters. The van der Waals surface area contributed by atoms with Crippen LogP contribution in [0.25, 0.3) is 0 Å². The van der Waals surface area contributed by atoms with Gasteiger partial charge in [-0.2, -0.15) is 0 Å². The summed E-state index contributed by atoms with van der Waals surface area (Å²) < 4.78 is 11.2. The van der Waals surface area contributed by atoms with Crippen molar-refractivity contribution < 1.29 is 9.47 Å². The third-order valence-electron chi connectivity index (χ3n) is 3.26. The van der Waals surface area contributed by atoms with Crippen molar-refractivity contribution in [2.45, 2.75) is 19.6 Å². The number of hydrogen-bond donors (Lipinski definition) is 1. The molecule has 1 aromatic heterocycles. The summed E-state index contributed by atoms with van der Waals surface area (Å²) in [7, 11) is 3.59. The maximum atomic E-state index is 5.81. The Morgan fingerprint density at radius 2 is 1.90 bits per heavy atom. The van der Waals surface area contributed by atoms with Gasteiger partial charge in [-0.15, -0.1) is 0 Å². The van der Waals surface area contributed by atoms with Crippen LogP contribution < -0.4 is 14.8 Å². The molecule has 2 aromatic rings. The van der Waals surface area contributed by atoms with E-state index in [9.17, 15) is 0 Å². The quantitative estimate of drug-likeness (QED) is 0.878. The van der Waals surface area contributed by atoms with Crippen molar-refractivity contribution >= 4 is 0 Å². The Morgan fingerprint density at radius 1 is 1.15 bits per heavy atom. The largest absolute Gasteiger partial charge is 0.493 e. The number of nitrogens with zero attached hydrogens (tertiary/aromatic N) is 1. The molecule has 0 radical (unpaired) electrons. The van der Waals surface area contributed by atoms with Gasteiger partial charge in [0, 0.05) is 18.4 Å². The molecule has 0 aliphatic carbocycles. The second kappa shape index (κ2) is 6.91. The molecule has 0 aliphatic heterocycles. The summed E-state index contributed by atoms with van der Waals surface area (Å²) in [6, 6.07) is 10.1. The summed E-state index contributed by atoms with van der Waals surface area (Å²) in [5.74, 6) is 1.50. The zero-order valence-electron chi connectivity index (χ0n) is 12.1. The molecule has 20 heavy (non-hydrogen) atoms. The lowest BCUT2D eigenvalue weighted by atomic mass is 10.1. The second-order valence-electron chi connectivity index (χ2n) is 4.56. The SMILES string of the molecule is CNC(C)c1ccc(OCc2ccncc2)c(OC)c1. The Balaban J connectivity index is 2.11. The summed E-state index contributed by atoms with van der Waals surface area (Å²) in [5.41, 5.74) is 2.25. The van der Waals surface area contributed by atoms with Crippen molar-refractivity contribution in [3.8, 4) is 11.5 Å². The van der Waals surface area contributed by atoms with Gasteiger partial charge in [-0.1, -0.05) is 6.07 Å². The minimum Gasteiger partial charge on any atom is -0.493 e. The molecule has 0 saturated heterocycles. The lowest BCUT2D eigenvalue weighted by Crippen LogP contribution is -2.12. The van der Waals surface area contributed by atoms with Gasteiger partial charge < -0.3 is 14.8 Å². The van der Waals surface area contributed by atoms with E-state index >= 15 is 0 Å². The Hall–Kier alpha value is -2.07. The molecule has 1 aromatic carbocycles. The molecule has 0 amide bonds. The fraction of sp³-hybridized carbons (Fsp3) is 0.312. The first kappa shape index (κ1) is 14.3. The molecule has 1 heterocycles. The van der Waals surface area contributed by atoms with Crippen molar-refractivity contribution in [2.75, 3.05) is 14.2 Å². The molecule has 0 bridgehead atoms. The Morgan fingerprint density at radius 3 is 2.55 bits per heavy atom. The Kier molecular flexibility index (Phi) is 4.96. The summed E-state index contributed by atoms with van der Waals surface area (Å²) >= 11 is 0. The first-order valence-electron chi connectivity index (χ1n) is 6.61. The predicted molar refractivity (Wildman–Crippen MR) is 79.0 cm³/mol. The lowest BCUT2D eigenvalue weighted by Gasteiger charge is -2.15. The standard InChI is InChI=1S/C16H20N2O2/c1-12(17-2)14-4-5-15(16(10-14)19-3)20-11-13-6-8-18-9-7-13/h4-10,12,17H,11H2,1-3H3. The van der Waals surface area contributed by atoms with Crippen LogP contribution in [-0.4, -0.2) is 19.1 Å². The molecule has 1 atom stereocenters. The first-order valence-corrected chi connectivity index (χ1v) is 6.61. The summed E-state index contributed by atoms with van der Waals surface area (Å²) in [5, 5.41) is 3.21. The van der Waals surface area contributed by atoms with E-state index in [-0.39, 0.29) is 6.04 Å². The van der Waals surface area contributed by atoms with Crippen LogP contribution in [0, 0.1) is 0 Å². The molecule has 0 fully saturated rings. The van der Waals surface area contributed by atoms with Gasteiger partial charge in [-0.05, 0) is 49.4 Å². The van der Waals surface area contributed by atoms with Gasteiger partial charge in [0.2, 0.25) is 0 Å². The van der Waals surface area contributed by atoms with Crippen LogP contribution in [0.5, 0.6) is 11.5 Å². The molecule has 1 N–H and O–H groups in total. The van der Waals surface area contributed by atoms with E-state index in [1.54, 1.807) is 19.5 Å². The molecule has 2 rings (SSSR count). The van der Waals surface area contributed by atoms with Gasteiger partial charge in [-0.3, -0.25) is 4.98 Å². The third-order valence-corrected chi connectivity index (χ3v) is 3.26. The summed E-state index contributed by atoms with van der Waals surface area (Å²) in [6.45, 7) is 2.60. The van der Waals surface area contributed by atoms with Crippen molar-refractivity contribution in [1.82, 2.24) is 10.3 Å². The van der Waals surface area contributed by atoms with Crippen molar-refractivity contribution in [1.29, 1.82) is 0 Å². The van der Waals surface area contributed by atoms with Gasteiger partial charge in [0.1, 0.15) is 6.61 Å². The Labute approximate surface area is 119 Å². The van der Waals surface area contributed by atoms with Crippen molar-refractivity contribution in [3.05, 3.63) is 53.9 Å². The van der Waals surface area contributed by atoms with E-state index in [2.05, 4.69) is 17.2 Å². The highest BCUT2D eigenvalue weighted by atomic mass is 16.5. The van der Waals surface area contributed by atoms with Gasteiger partial charge in [0.05, 0.1) is 7.11 Å². The fourth-order valence-electron chi connectivity index (χ4n) is 1.88. The number of benzene rings is 1. The molecule has 4 heteroatoms. The van der Waals surface area contributed by atoms with E-state index in [4.69, 9.17) is 9.47 Å². The van der Waals surface area contributed by atoms with Crippen LogP contribution in [0.2, 0.25) is 0 Å². The number of methoxy groups -OCH3 is 1. The second-order valence-corrected chi connectivity index (χ2v) is 4.56. The third kappa shape index (κ3) is 3.48. The molecule has 4 nitrogen and oxygen atoms in total. The number of pyridine rings is 1. The monoisotopic (exact) mass is 272 g/mol. The first-order chi connectivity index (χ1) is 9.74. The van der Waals surface area contributed by atoms with Crippen LogP contribution in [0.1, 0.15) is 24.1 Å². The smallest absolute Gasteiger partial charge is 0.161 e. The predicted octanol–water partition coefficient (Wildman–Crippen LogP) is 2.95. The topological polar surface area (TPSA) is 43.4 Å². The average molecular weight is 272 g/mol. The summed E-state index contributed by atoms with van der Waals surface area (Å²) in [4.78, 5) is 3.99.